The lowest BCUT2D eigenvalue weighted by Crippen LogP contribution is -2.50. The van der Waals surface area contributed by atoms with Gasteiger partial charge in [0.15, 0.2) is 0 Å². The number of hydrogen-bond acceptors (Lipinski definition) is 4. The first-order valence-electron chi connectivity index (χ1n) is 8.91. The van der Waals surface area contributed by atoms with Crippen LogP contribution in [-0.2, 0) is 0 Å². The summed E-state index contributed by atoms with van der Waals surface area (Å²) in [4.78, 5) is 7.86. The van der Waals surface area contributed by atoms with Crippen molar-refractivity contribution in [2.24, 2.45) is 0 Å². The fourth-order valence-electron chi connectivity index (χ4n) is 3.67. The molecule has 2 aliphatic heterocycles. The molecule has 0 aromatic heterocycles. The van der Waals surface area contributed by atoms with Crippen molar-refractivity contribution >= 4 is 23.1 Å². The van der Waals surface area contributed by atoms with Gasteiger partial charge in [-0.1, -0.05) is 36.0 Å². The highest BCUT2D eigenvalue weighted by molar-refractivity contribution is 7.99. The molecule has 0 spiro atoms. The van der Waals surface area contributed by atoms with E-state index in [1.807, 2.05) is 11.8 Å². The standard InChI is InChI=1S/C20H25N3S/c1-16-15-21-11-14-22(16)12-6-13-23-17-7-2-4-9-19(17)24-20-10-5-3-8-18(20)23/h2-5,7-10,16,21H,6,11-15H2,1H3. The van der Waals surface area contributed by atoms with Crippen LogP contribution in [0.1, 0.15) is 13.3 Å². The molecule has 1 N–H and O–H groups in total. The normalized spacial score (nSPS) is 20.5. The van der Waals surface area contributed by atoms with Gasteiger partial charge in [-0.3, -0.25) is 4.90 Å². The number of nitrogens with zero attached hydrogens (tertiary/aromatic N) is 2. The molecule has 1 atom stereocenters. The highest BCUT2D eigenvalue weighted by Gasteiger charge is 2.23. The summed E-state index contributed by atoms with van der Waals surface area (Å²) in [5, 5.41) is 3.48. The van der Waals surface area contributed by atoms with Crippen molar-refractivity contribution < 1.29 is 0 Å². The van der Waals surface area contributed by atoms with Crippen LogP contribution in [0, 0.1) is 0 Å². The maximum Gasteiger partial charge on any atom is 0.0552 e. The second kappa shape index (κ2) is 7.18. The van der Waals surface area contributed by atoms with Gasteiger partial charge in [-0.05, 0) is 37.6 Å². The van der Waals surface area contributed by atoms with Crippen LogP contribution in [0.3, 0.4) is 0 Å². The second-order valence-corrected chi connectivity index (χ2v) is 7.72. The number of anilines is 2. The van der Waals surface area contributed by atoms with Gasteiger partial charge in [0.25, 0.3) is 0 Å². The number of rotatable bonds is 4. The van der Waals surface area contributed by atoms with E-state index in [9.17, 15) is 0 Å². The summed E-state index contributed by atoms with van der Waals surface area (Å²) in [5.74, 6) is 0. The maximum atomic E-state index is 3.48. The number of benzene rings is 2. The molecule has 126 valence electrons. The third-order valence-electron chi connectivity index (χ3n) is 5.00. The highest BCUT2D eigenvalue weighted by Crippen LogP contribution is 2.47. The Kier molecular flexibility index (Phi) is 4.79. The molecule has 2 aromatic rings. The molecular formula is C20H25N3S. The van der Waals surface area contributed by atoms with E-state index in [1.54, 1.807) is 0 Å². The molecule has 2 aromatic carbocycles. The average Bonchev–Trinajstić information content (AvgIpc) is 2.62. The molecule has 2 heterocycles. The van der Waals surface area contributed by atoms with Crippen LogP contribution >= 0.6 is 11.8 Å². The molecule has 1 fully saturated rings. The topological polar surface area (TPSA) is 18.5 Å². The van der Waals surface area contributed by atoms with Crippen molar-refractivity contribution in [3.8, 4) is 0 Å². The third-order valence-corrected chi connectivity index (χ3v) is 6.13. The van der Waals surface area contributed by atoms with Gasteiger partial charge in [-0.25, -0.2) is 0 Å². The van der Waals surface area contributed by atoms with Crippen molar-refractivity contribution in [2.45, 2.75) is 29.2 Å². The summed E-state index contributed by atoms with van der Waals surface area (Å²) in [6.45, 7) is 7.99. The zero-order chi connectivity index (χ0) is 16.4. The molecule has 1 saturated heterocycles. The summed E-state index contributed by atoms with van der Waals surface area (Å²) >= 11 is 1.89. The number of piperazine rings is 1. The molecule has 0 aliphatic carbocycles. The van der Waals surface area contributed by atoms with E-state index in [-0.39, 0.29) is 0 Å². The molecule has 24 heavy (non-hydrogen) atoms. The fourth-order valence-corrected chi connectivity index (χ4v) is 4.77. The van der Waals surface area contributed by atoms with Crippen LogP contribution in [0.2, 0.25) is 0 Å². The molecule has 1 unspecified atom stereocenters. The zero-order valence-corrected chi connectivity index (χ0v) is 15.1. The lowest BCUT2D eigenvalue weighted by Gasteiger charge is -2.36. The number of fused-ring (bicyclic) bond motifs is 2. The van der Waals surface area contributed by atoms with E-state index in [0.717, 1.165) is 19.6 Å². The van der Waals surface area contributed by atoms with Crippen LogP contribution in [-0.4, -0.2) is 43.7 Å². The van der Waals surface area contributed by atoms with Crippen molar-refractivity contribution in [2.75, 3.05) is 37.6 Å². The molecule has 0 bridgehead atoms. The average molecular weight is 340 g/mol. The van der Waals surface area contributed by atoms with Gasteiger partial charge in [0, 0.05) is 48.6 Å². The Balaban J connectivity index is 1.50. The number of para-hydroxylation sites is 2. The Morgan fingerprint density at radius 2 is 1.67 bits per heavy atom. The number of nitrogens with one attached hydrogen (secondary N) is 1. The first-order valence-corrected chi connectivity index (χ1v) is 9.73. The monoisotopic (exact) mass is 339 g/mol. The quantitative estimate of drug-likeness (QED) is 0.908. The van der Waals surface area contributed by atoms with Gasteiger partial charge in [0.1, 0.15) is 0 Å². The summed E-state index contributed by atoms with van der Waals surface area (Å²) in [7, 11) is 0. The summed E-state index contributed by atoms with van der Waals surface area (Å²) < 4.78 is 0. The molecule has 2 aliphatic rings. The van der Waals surface area contributed by atoms with Gasteiger partial charge >= 0.3 is 0 Å². The molecule has 3 nitrogen and oxygen atoms in total. The SMILES string of the molecule is CC1CNCCN1CCCN1c2ccccc2Sc2ccccc21. The third kappa shape index (κ3) is 3.18. The van der Waals surface area contributed by atoms with Crippen LogP contribution in [0.5, 0.6) is 0 Å². The van der Waals surface area contributed by atoms with Gasteiger partial charge in [0.2, 0.25) is 0 Å². The summed E-state index contributed by atoms with van der Waals surface area (Å²) in [5.41, 5.74) is 2.71. The largest absolute Gasteiger partial charge is 0.340 e. The Hall–Kier alpha value is -1.49. The van der Waals surface area contributed by atoms with Crippen molar-refractivity contribution in [3.63, 3.8) is 0 Å². The van der Waals surface area contributed by atoms with Gasteiger partial charge in [-0.2, -0.15) is 0 Å². The van der Waals surface area contributed by atoms with Gasteiger partial charge < -0.3 is 10.2 Å². The molecule has 0 amide bonds. The van der Waals surface area contributed by atoms with Crippen molar-refractivity contribution in [3.05, 3.63) is 48.5 Å². The van der Waals surface area contributed by atoms with Crippen molar-refractivity contribution in [1.29, 1.82) is 0 Å². The second-order valence-electron chi connectivity index (χ2n) is 6.63. The van der Waals surface area contributed by atoms with E-state index < -0.39 is 0 Å². The van der Waals surface area contributed by atoms with Crippen LogP contribution in [0.4, 0.5) is 11.4 Å². The number of hydrogen-bond donors (Lipinski definition) is 1. The Bertz CT molecular complexity index is 657. The Labute approximate surface area is 149 Å². The van der Waals surface area contributed by atoms with Crippen LogP contribution in [0.15, 0.2) is 58.3 Å². The predicted octanol–water partition coefficient (Wildman–Crippen LogP) is 3.97. The Morgan fingerprint density at radius 1 is 1.00 bits per heavy atom. The minimum absolute atomic E-state index is 0.648. The highest BCUT2D eigenvalue weighted by atomic mass is 32.2. The molecular weight excluding hydrogens is 314 g/mol. The minimum Gasteiger partial charge on any atom is -0.340 e. The first kappa shape index (κ1) is 16.0. The fraction of sp³-hybridized carbons (Fsp3) is 0.400. The van der Waals surface area contributed by atoms with E-state index in [0.29, 0.717) is 6.04 Å². The molecule has 4 rings (SSSR count). The van der Waals surface area contributed by atoms with Gasteiger partial charge in [0.05, 0.1) is 11.4 Å². The first-order chi connectivity index (χ1) is 11.8. The lowest BCUT2D eigenvalue weighted by atomic mass is 10.2. The van der Waals surface area contributed by atoms with Crippen LogP contribution < -0.4 is 10.2 Å². The molecule has 4 heteroatoms. The lowest BCUT2D eigenvalue weighted by molar-refractivity contribution is 0.173. The minimum atomic E-state index is 0.648. The summed E-state index contributed by atoms with van der Waals surface area (Å²) in [6.07, 6.45) is 1.19. The molecule has 0 saturated carbocycles. The van der Waals surface area contributed by atoms with E-state index >= 15 is 0 Å². The van der Waals surface area contributed by atoms with E-state index in [2.05, 4.69) is 70.6 Å². The maximum absolute atomic E-state index is 3.48. The smallest absolute Gasteiger partial charge is 0.0552 e. The van der Waals surface area contributed by atoms with E-state index in [4.69, 9.17) is 0 Å². The molecule has 0 radical (unpaired) electrons. The van der Waals surface area contributed by atoms with E-state index in [1.165, 1.54) is 40.7 Å². The summed E-state index contributed by atoms with van der Waals surface area (Å²) in [6, 6.07) is 18.2. The predicted molar refractivity (Wildman–Crippen MR) is 103 cm³/mol. The zero-order valence-electron chi connectivity index (χ0n) is 14.2. The Morgan fingerprint density at radius 3 is 2.33 bits per heavy atom. The van der Waals surface area contributed by atoms with Crippen molar-refractivity contribution in [1.82, 2.24) is 10.2 Å². The van der Waals surface area contributed by atoms with Gasteiger partial charge in [-0.15, -0.1) is 0 Å². The van der Waals surface area contributed by atoms with Crippen LogP contribution in [0.25, 0.3) is 0 Å².